The quantitative estimate of drug-likeness (QED) is 0.836. The summed E-state index contributed by atoms with van der Waals surface area (Å²) in [6, 6.07) is 0. The van der Waals surface area contributed by atoms with Crippen molar-refractivity contribution < 1.29 is 4.21 Å². The zero-order valence-corrected chi connectivity index (χ0v) is 9.79. The molecule has 2 rings (SSSR count). The standard InChI is InChI=1S/C9H14N2OS2/c1-7-4-13-9(11-7)6-14(12)5-8-2-10-3-8/h4,8,10H,2-3,5-6H2,1H3. The van der Waals surface area contributed by atoms with Crippen LogP contribution in [0.2, 0.25) is 0 Å². The fourth-order valence-corrected chi connectivity index (χ4v) is 3.84. The first-order valence-corrected chi connectivity index (χ1v) is 7.07. The summed E-state index contributed by atoms with van der Waals surface area (Å²) in [5.74, 6) is 2.08. The molecule has 1 atom stereocenters. The van der Waals surface area contributed by atoms with Crippen molar-refractivity contribution >= 4 is 22.1 Å². The lowest BCUT2D eigenvalue weighted by molar-refractivity contribution is 0.382. The van der Waals surface area contributed by atoms with Gasteiger partial charge in [-0.15, -0.1) is 11.3 Å². The van der Waals surface area contributed by atoms with Gasteiger partial charge in [-0.3, -0.25) is 4.21 Å². The smallest absolute Gasteiger partial charge is 0.105 e. The van der Waals surface area contributed by atoms with E-state index in [9.17, 15) is 4.21 Å². The molecule has 0 saturated carbocycles. The molecule has 1 aromatic heterocycles. The van der Waals surface area contributed by atoms with Crippen molar-refractivity contribution in [2.45, 2.75) is 12.7 Å². The fourth-order valence-electron chi connectivity index (χ4n) is 1.39. The van der Waals surface area contributed by atoms with Gasteiger partial charge in [-0.25, -0.2) is 4.98 Å². The van der Waals surface area contributed by atoms with E-state index in [0.29, 0.717) is 11.7 Å². The molecular weight excluding hydrogens is 216 g/mol. The van der Waals surface area contributed by atoms with E-state index in [-0.39, 0.29) is 0 Å². The lowest BCUT2D eigenvalue weighted by atomic mass is 10.1. The van der Waals surface area contributed by atoms with Crippen LogP contribution in [0.15, 0.2) is 5.38 Å². The van der Waals surface area contributed by atoms with Crippen molar-refractivity contribution in [3.63, 3.8) is 0 Å². The lowest BCUT2D eigenvalue weighted by Gasteiger charge is -2.26. The predicted molar refractivity (Wildman–Crippen MR) is 59.9 cm³/mol. The molecule has 1 unspecified atom stereocenters. The van der Waals surface area contributed by atoms with Crippen LogP contribution in [-0.2, 0) is 16.6 Å². The number of aromatic nitrogens is 1. The zero-order valence-electron chi connectivity index (χ0n) is 8.16. The average Bonchev–Trinajstić information content (AvgIpc) is 2.44. The molecule has 1 aliphatic heterocycles. The minimum Gasteiger partial charge on any atom is -0.316 e. The summed E-state index contributed by atoms with van der Waals surface area (Å²) < 4.78 is 11.7. The Morgan fingerprint density at radius 3 is 3.00 bits per heavy atom. The van der Waals surface area contributed by atoms with E-state index in [2.05, 4.69) is 10.3 Å². The van der Waals surface area contributed by atoms with Gasteiger partial charge in [0, 0.05) is 40.7 Å². The molecule has 0 aromatic carbocycles. The van der Waals surface area contributed by atoms with Crippen molar-refractivity contribution in [1.82, 2.24) is 10.3 Å². The Morgan fingerprint density at radius 2 is 2.50 bits per heavy atom. The first-order chi connectivity index (χ1) is 6.74. The first-order valence-electron chi connectivity index (χ1n) is 4.71. The molecule has 3 nitrogen and oxygen atoms in total. The second-order valence-electron chi connectivity index (χ2n) is 3.66. The Labute approximate surface area is 90.4 Å². The first kappa shape index (κ1) is 10.3. The summed E-state index contributed by atoms with van der Waals surface area (Å²) in [6.07, 6.45) is 0. The SMILES string of the molecule is Cc1csc(CS(=O)CC2CNC2)n1. The molecule has 1 fully saturated rings. The zero-order chi connectivity index (χ0) is 9.97. The highest BCUT2D eigenvalue weighted by molar-refractivity contribution is 7.84. The monoisotopic (exact) mass is 230 g/mol. The molecule has 0 aliphatic carbocycles. The van der Waals surface area contributed by atoms with Gasteiger partial charge < -0.3 is 5.32 Å². The van der Waals surface area contributed by atoms with E-state index in [1.807, 2.05) is 12.3 Å². The predicted octanol–water partition coefficient (Wildman–Crippen LogP) is 0.920. The molecule has 5 heteroatoms. The molecule has 2 heterocycles. The molecule has 78 valence electrons. The van der Waals surface area contributed by atoms with Gasteiger partial charge in [-0.1, -0.05) is 0 Å². The van der Waals surface area contributed by atoms with Gasteiger partial charge in [-0.05, 0) is 12.8 Å². The van der Waals surface area contributed by atoms with Crippen LogP contribution in [-0.4, -0.2) is 28.0 Å². The molecule has 14 heavy (non-hydrogen) atoms. The third kappa shape index (κ3) is 2.62. The van der Waals surface area contributed by atoms with E-state index in [4.69, 9.17) is 0 Å². The Hall–Kier alpha value is -0.260. The van der Waals surface area contributed by atoms with Gasteiger partial charge in [0.2, 0.25) is 0 Å². The van der Waals surface area contributed by atoms with E-state index in [0.717, 1.165) is 29.5 Å². The molecule has 1 aromatic rings. The van der Waals surface area contributed by atoms with E-state index in [1.54, 1.807) is 11.3 Å². The maximum Gasteiger partial charge on any atom is 0.105 e. The van der Waals surface area contributed by atoms with Gasteiger partial charge in [0.25, 0.3) is 0 Å². The van der Waals surface area contributed by atoms with Crippen LogP contribution < -0.4 is 5.32 Å². The molecule has 0 radical (unpaired) electrons. The Morgan fingerprint density at radius 1 is 1.71 bits per heavy atom. The maximum atomic E-state index is 11.7. The van der Waals surface area contributed by atoms with Crippen molar-refractivity contribution in [2.24, 2.45) is 5.92 Å². The number of nitrogens with zero attached hydrogens (tertiary/aromatic N) is 1. The van der Waals surface area contributed by atoms with Crippen LogP contribution in [0.5, 0.6) is 0 Å². The average molecular weight is 230 g/mol. The fraction of sp³-hybridized carbons (Fsp3) is 0.667. The number of rotatable bonds is 4. The maximum absolute atomic E-state index is 11.7. The summed E-state index contributed by atoms with van der Waals surface area (Å²) in [6.45, 7) is 4.03. The minimum atomic E-state index is -0.728. The topological polar surface area (TPSA) is 42.0 Å². The van der Waals surface area contributed by atoms with Crippen molar-refractivity contribution in [3.05, 3.63) is 16.1 Å². The van der Waals surface area contributed by atoms with Crippen LogP contribution >= 0.6 is 11.3 Å². The molecule has 1 saturated heterocycles. The Bertz CT molecular complexity index is 333. The summed E-state index contributed by atoms with van der Waals surface area (Å²) in [7, 11) is -0.728. The highest BCUT2D eigenvalue weighted by Crippen LogP contribution is 2.13. The highest BCUT2D eigenvalue weighted by atomic mass is 32.2. The van der Waals surface area contributed by atoms with Gasteiger partial charge in [0.1, 0.15) is 5.01 Å². The van der Waals surface area contributed by atoms with Gasteiger partial charge in [-0.2, -0.15) is 0 Å². The normalized spacial score (nSPS) is 19.2. The van der Waals surface area contributed by atoms with Crippen molar-refractivity contribution in [1.29, 1.82) is 0 Å². The largest absolute Gasteiger partial charge is 0.316 e. The number of thiazole rings is 1. The second-order valence-corrected chi connectivity index (χ2v) is 6.10. The third-order valence-electron chi connectivity index (χ3n) is 2.24. The van der Waals surface area contributed by atoms with Gasteiger partial charge in [0.05, 0.1) is 5.75 Å². The molecular formula is C9H14N2OS2. The number of hydrogen-bond donors (Lipinski definition) is 1. The highest BCUT2D eigenvalue weighted by Gasteiger charge is 2.19. The second kappa shape index (κ2) is 4.51. The van der Waals surface area contributed by atoms with Crippen molar-refractivity contribution in [3.8, 4) is 0 Å². The Balaban J connectivity index is 1.81. The summed E-state index contributed by atoms with van der Waals surface area (Å²) in [5.41, 5.74) is 1.03. The molecule has 1 aliphatic rings. The van der Waals surface area contributed by atoms with Crippen LogP contribution in [0.3, 0.4) is 0 Å². The summed E-state index contributed by atoms with van der Waals surface area (Å²) in [5, 5.41) is 6.21. The number of nitrogens with one attached hydrogen (secondary N) is 1. The molecule has 0 amide bonds. The van der Waals surface area contributed by atoms with Crippen LogP contribution in [0.1, 0.15) is 10.7 Å². The van der Waals surface area contributed by atoms with Gasteiger partial charge in [0.15, 0.2) is 0 Å². The number of hydrogen-bond acceptors (Lipinski definition) is 4. The van der Waals surface area contributed by atoms with Crippen LogP contribution in [0.4, 0.5) is 0 Å². The number of aryl methyl sites for hydroxylation is 1. The van der Waals surface area contributed by atoms with Crippen LogP contribution in [0, 0.1) is 12.8 Å². The lowest BCUT2D eigenvalue weighted by Crippen LogP contribution is -2.44. The van der Waals surface area contributed by atoms with E-state index in [1.165, 1.54) is 0 Å². The molecule has 0 bridgehead atoms. The van der Waals surface area contributed by atoms with E-state index >= 15 is 0 Å². The van der Waals surface area contributed by atoms with E-state index < -0.39 is 10.8 Å². The minimum absolute atomic E-state index is 0.622. The molecule has 0 spiro atoms. The third-order valence-corrected chi connectivity index (χ3v) is 4.83. The van der Waals surface area contributed by atoms with Crippen molar-refractivity contribution in [2.75, 3.05) is 18.8 Å². The Kier molecular flexibility index (Phi) is 3.30. The van der Waals surface area contributed by atoms with Gasteiger partial charge >= 0.3 is 0 Å². The summed E-state index contributed by atoms with van der Waals surface area (Å²) >= 11 is 1.61. The molecule has 1 N–H and O–H groups in total. The summed E-state index contributed by atoms with van der Waals surface area (Å²) in [4.78, 5) is 4.31. The van der Waals surface area contributed by atoms with Crippen LogP contribution in [0.25, 0.3) is 0 Å².